The number of aryl methyl sites for hydroxylation is 1. The van der Waals surface area contributed by atoms with E-state index in [9.17, 15) is 14.3 Å². The first-order chi connectivity index (χ1) is 13.4. The second-order valence-corrected chi connectivity index (χ2v) is 6.64. The molecular weight excluding hydrogens is 357 g/mol. The molecule has 4 rings (SSSR count). The molecule has 0 spiro atoms. The molecule has 0 saturated carbocycles. The van der Waals surface area contributed by atoms with E-state index in [-0.39, 0.29) is 17.3 Å². The number of benzene rings is 3. The summed E-state index contributed by atoms with van der Waals surface area (Å²) in [5, 5.41) is 13.3. The number of hydrogen-bond acceptors (Lipinski definition) is 3. The summed E-state index contributed by atoms with van der Waals surface area (Å²) in [6, 6.07) is 15.6. The predicted octanol–water partition coefficient (Wildman–Crippen LogP) is 4.71. The van der Waals surface area contributed by atoms with Gasteiger partial charge in [-0.3, -0.25) is 4.79 Å². The third-order valence-electron chi connectivity index (χ3n) is 4.66. The number of rotatable bonds is 3. The first kappa shape index (κ1) is 17.7. The highest BCUT2D eigenvalue weighted by Crippen LogP contribution is 2.39. The van der Waals surface area contributed by atoms with Gasteiger partial charge in [-0.1, -0.05) is 30.3 Å². The fourth-order valence-corrected chi connectivity index (χ4v) is 3.29. The Hall–Kier alpha value is -3.67. The molecule has 140 valence electrons. The van der Waals surface area contributed by atoms with Gasteiger partial charge in [-0.05, 0) is 35.4 Å². The number of nitrogens with zero attached hydrogens (tertiary/aromatic N) is 2. The minimum Gasteiger partial charge on any atom is -0.507 e. The number of amides is 1. The van der Waals surface area contributed by atoms with Crippen LogP contribution in [0.2, 0.25) is 0 Å². The summed E-state index contributed by atoms with van der Waals surface area (Å²) in [6.07, 6.45) is 1.74. The number of para-hydroxylation sites is 1. The second-order valence-electron chi connectivity index (χ2n) is 6.64. The average Bonchev–Trinajstić information content (AvgIpc) is 3.04. The highest BCUT2D eigenvalue weighted by molar-refractivity contribution is 5.90. The molecule has 6 heteroatoms. The van der Waals surface area contributed by atoms with Crippen molar-refractivity contribution in [2.75, 3.05) is 5.32 Å². The van der Waals surface area contributed by atoms with E-state index in [1.165, 1.54) is 19.1 Å². The molecule has 0 radical (unpaired) electrons. The van der Waals surface area contributed by atoms with Crippen molar-refractivity contribution in [1.29, 1.82) is 0 Å². The van der Waals surface area contributed by atoms with Gasteiger partial charge in [0.15, 0.2) is 0 Å². The van der Waals surface area contributed by atoms with Gasteiger partial charge < -0.3 is 15.0 Å². The first-order valence-electron chi connectivity index (χ1n) is 8.75. The van der Waals surface area contributed by atoms with Crippen LogP contribution in [0.25, 0.3) is 33.3 Å². The standard InChI is InChI=1S/C22H18FN3O2/c1-13(27)25-19-8-6-14(10-18(19)23)16-4-3-5-17(22(16)28)15-7-9-21-20(11-15)24-12-26(21)2/h3-12,28H,1-2H3,(H,25,27). The number of carbonyl (C=O) groups is 1. The van der Waals surface area contributed by atoms with Crippen LogP contribution in [0.15, 0.2) is 60.9 Å². The van der Waals surface area contributed by atoms with Crippen molar-refractivity contribution in [2.24, 2.45) is 7.05 Å². The van der Waals surface area contributed by atoms with Crippen molar-refractivity contribution in [3.05, 3.63) is 66.7 Å². The maximum atomic E-state index is 14.3. The zero-order valence-electron chi connectivity index (χ0n) is 15.4. The lowest BCUT2D eigenvalue weighted by Crippen LogP contribution is -2.07. The number of aromatic nitrogens is 2. The summed E-state index contributed by atoms with van der Waals surface area (Å²) in [4.78, 5) is 15.5. The van der Waals surface area contributed by atoms with Crippen molar-refractivity contribution in [1.82, 2.24) is 9.55 Å². The maximum absolute atomic E-state index is 14.3. The van der Waals surface area contributed by atoms with Crippen molar-refractivity contribution in [3.8, 4) is 28.0 Å². The van der Waals surface area contributed by atoms with Gasteiger partial charge in [-0.2, -0.15) is 0 Å². The van der Waals surface area contributed by atoms with Crippen molar-refractivity contribution < 1.29 is 14.3 Å². The van der Waals surface area contributed by atoms with Crippen LogP contribution < -0.4 is 5.32 Å². The van der Waals surface area contributed by atoms with E-state index in [1.807, 2.05) is 41.9 Å². The van der Waals surface area contributed by atoms with Crippen LogP contribution >= 0.6 is 0 Å². The molecule has 0 unspecified atom stereocenters. The molecule has 2 N–H and O–H groups in total. The molecule has 1 aromatic heterocycles. The molecule has 1 amide bonds. The van der Waals surface area contributed by atoms with Gasteiger partial charge in [-0.25, -0.2) is 9.37 Å². The Morgan fingerprint density at radius 3 is 2.43 bits per heavy atom. The van der Waals surface area contributed by atoms with Crippen LogP contribution in [0.5, 0.6) is 5.75 Å². The van der Waals surface area contributed by atoms with Gasteiger partial charge in [0.25, 0.3) is 0 Å². The highest BCUT2D eigenvalue weighted by atomic mass is 19.1. The number of nitrogens with one attached hydrogen (secondary N) is 1. The number of anilines is 1. The first-order valence-corrected chi connectivity index (χ1v) is 8.75. The topological polar surface area (TPSA) is 67.2 Å². The molecule has 4 aromatic rings. The molecule has 0 aliphatic rings. The molecule has 0 aliphatic heterocycles. The van der Waals surface area contributed by atoms with E-state index in [0.717, 1.165) is 16.6 Å². The SMILES string of the molecule is CC(=O)Nc1ccc(-c2cccc(-c3ccc4c(c3)ncn4C)c2O)cc1F. The Bertz CT molecular complexity index is 1210. The van der Waals surface area contributed by atoms with Gasteiger partial charge >= 0.3 is 0 Å². The Morgan fingerprint density at radius 1 is 1.07 bits per heavy atom. The molecule has 1 heterocycles. The summed E-state index contributed by atoms with van der Waals surface area (Å²) < 4.78 is 16.2. The van der Waals surface area contributed by atoms with Crippen molar-refractivity contribution in [2.45, 2.75) is 6.92 Å². The summed E-state index contributed by atoms with van der Waals surface area (Å²) in [7, 11) is 1.92. The van der Waals surface area contributed by atoms with Gasteiger partial charge in [0.1, 0.15) is 11.6 Å². The highest BCUT2D eigenvalue weighted by Gasteiger charge is 2.14. The maximum Gasteiger partial charge on any atom is 0.221 e. The zero-order valence-corrected chi connectivity index (χ0v) is 15.4. The molecule has 0 bridgehead atoms. The van der Waals surface area contributed by atoms with Crippen LogP contribution in [0, 0.1) is 5.82 Å². The predicted molar refractivity (Wildman–Crippen MR) is 108 cm³/mol. The van der Waals surface area contributed by atoms with Crippen LogP contribution in [0.1, 0.15) is 6.92 Å². The molecule has 0 aliphatic carbocycles. The van der Waals surface area contributed by atoms with E-state index < -0.39 is 5.82 Å². The van der Waals surface area contributed by atoms with Crippen LogP contribution in [0.4, 0.5) is 10.1 Å². The molecule has 0 atom stereocenters. The third-order valence-corrected chi connectivity index (χ3v) is 4.66. The van der Waals surface area contributed by atoms with E-state index in [0.29, 0.717) is 16.7 Å². The quantitative estimate of drug-likeness (QED) is 0.545. The Kier molecular flexibility index (Phi) is 4.31. The molecule has 28 heavy (non-hydrogen) atoms. The minimum atomic E-state index is -0.563. The van der Waals surface area contributed by atoms with Crippen LogP contribution in [-0.4, -0.2) is 20.6 Å². The number of halogens is 1. The summed E-state index contributed by atoms with van der Waals surface area (Å²) in [6.45, 7) is 1.32. The van der Waals surface area contributed by atoms with E-state index in [4.69, 9.17) is 0 Å². The Balaban J connectivity index is 1.78. The summed E-state index contributed by atoms with van der Waals surface area (Å²) in [5.74, 6) is -0.849. The lowest BCUT2D eigenvalue weighted by molar-refractivity contribution is -0.114. The molecule has 0 fully saturated rings. The molecular formula is C22H18FN3O2. The lowest BCUT2D eigenvalue weighted by atomic mass is 9.97. The largest absolute Gasteiger partial charge is 0.507 e. The van der Waals surface area contributed by atoms with E-state index in [1.54, 1.807) is 18.5 Å². The smallest absolute Gasteiger partial charge is 0.221 e. The van der Waals surface area contributed by atoms with Gasteiger partial charge in [-0.15, -0.1) is 0 Å². The summed E-state index contributed by atoms with van der Waals surface area (Å²) >= 11 is 0. The summed E-state index contributed by atoms with van der Waals surface area (Å²) in [5.41, 5.74) is 4.41. The Morgan fingerprint density at radius 2 is 1.75 bits per heavy atom. The second kappa shape index (κ2) is 6.81. The zero-order chi connectivity index (χ0) is 19.8. The van der Waals surface area contributed by atoms with Crippen molar-refractivity contribution >= 4 is 22.6 Å². The number of phenols is 1. The fraction of sp³-hybridized carbons (Fsp3) is 0.0909. The monoisotopic (exact) mass is 375 g/mol. The van der Waals surface area contributed by atoms with E-state index in [2.05, 4.69) is 10.3 Å². The molecule has 5 nitrogen and oxygen atoms in total. The number of aromatic hydroxyl groups is 1. The lowest BCUT2D eigenvalue weighted by Gasteiger charge is -2.12. The third kappa shape index (κ3) is 3.09. The minimum absolute atomic E-state index is 0.0597. The fourth-order valence-electron chi connectivity index (χ4n) is 3.29. The number of phenolic OH excluding ortho intramolecular Hbond substituents is 1. The molecule has 0 saturated heterocycles. The Labute approximate surface area is 161 Å². The number of carbonyl (C=O) groups excluding carboxylic acids is 1. The van der Waals surface area contributed by atoms with Crippen LogP contribution in [-0.2, 0) is 11.8 Å². The average molecular weight is 375 g/mol. The van der Waals surface area contributed by atoms with Gasteiger partial charge in [0.05, 0.1) is 23.0 Å². The van der Waals surface area contributed by atoms with Gasteiger partial charge in [0.2, 0.25) is 5.91 Å². The van der Waals surface area contributed by atoms with Crippen LogP contribution in [0.3, 0.4) is 0 Å². The number of hydrogen-bond donors (Lipinski definition) is 2. The number of imidazole rings is 1. The molecule has 3 aromatic carbocycles. The van der Waals surface area contributed by atoms with Gasteiger partial charge in [0, 0.05) is 25.1 Å². The normalized spacial score (nSPS) is 11.0. The van der Waals surface area contributed by atoms with Crippen molar-refractivity contribution in [3.63, 3.8) is 0 Å². The number of fused-ring (bicyclic) bond motifs is 1. The van der Waals surface area contributed by atoms with E-state index >= 15 is 0 Å².